The lowest BCUT2D eigenvalue weighted by Crippen LogP contribution is -2.45. The second-order valence-electron chi connectivity index (χ2n) is 6.24. The Morgan fingerprint density at radius 2 is 2.03 bits per heavy atom. The molecule has 1 aliphatic rings. The van der Waals surface area contributed by atoms with Crippen molar-refractivity contribution in [2.45, 2.75) is 18.3 Å². The van der Waals surface area contributed by atoms with Crippen LogP contribution in [0.25, 0.3) is 0 Å². The number of amides is 1. The first-order chi connectivity index (χ1) is 14.4. The third-order valence-electron chi connectivity index (χ3n) is 4.24. The fourth-order valence-electron chi connectivity index (χ4n) is 2.87. The largest absolute Gasteiger partial charge is 0.482 e. The van der Waals surface area contributed by atoms with Crippen molar-refractivity contribution in [2.75, 3.05) is 10.8 Å². The van der Waals surface area contributed by atoms with E-state index in [-0.39, 0.29) is 42.1 Å². The van der Waals surface area contributed by atoms with E-state index in [2.05, 4.69) is 10.2 Å². The first-order valence-corrected chi connectivity index (χ1v) is 9.60. The van der Waals surface area contributed by atoms with E-state index >= 15 is 0 Å². The van der Waals surface area contributed by atoms with Crippen LogP contribution in [0.1, 0.15) is 11.4 Å². The zero-order valence-electron chi connectivity index (χ0n) is 15.2. The number of halogens is 2. The molecule has 12 heteroatoms. The highest BCUT2D eigenvalue weighted by atomic mass is 32.2. The maximum atomic E-state index is 13.8. The van der Waals surface area contributed by atoms with Crippen LogP contribution in [0, 0.1) is 21.7 Å². The monoisotopic (exact) mass is 433 g/mol. The van der Waals surface area contributed by atoms with Crippen molar-refractivity contribution in [3.8, 4) is 5.75 Å². The van der Waals surface area contributed by atoms with Gasteiger partial charge in [-0.25, -0.2) is 18.5 Å². The number of benzene rings is 2. The smallest absolute Gasteiger partial charge is 0.269 e. The lowest BCUT2D eigenvalue weighted by molar-refractivity contribution is -0.384. The molecule has 3 aromatic rings. The number of nitrogens with zero attached hydrogens (tertiary/aromatic N) is 5. The lowest BCUT2D eigenvalue weighted by atomic mass is 10.2. The lowest BCUT2D eigenvalue weighted by Gasteiger charge is -2.29. The molecule has 4 rings (SSSR count). The van der Waals surface area contributed by atoms with Crippen molar-refractivity contribution in [3.05, 3.63) is 75.6 Å². The van der Waals surface area contributed by atoms with Crippen molar-refractivity contribution in [3.63, 3.8) is 0 Å². The normalized spacial score (nSPS) is 13.3. The first-order valence-electron chi connectivity index (χ1n) is 8.61. The standard InChI is InChI=1S/C18H13F2N5O4S/c19-12-4-5-15(14(20)7-12)29-9-16-21-22-18-24(16)23(17(26)10-30-18)8-11-2-1-3-13(6-11)25(27)28/h1-7H,8-10H2. The van der Waals surface area contributed by atoms with E-state index in [1.807, 2.05) is 0 Å². The molecule has 0 bridgehead atoms. The van der Waals surface area contributed by atoms with Gasteiger partial charge in [0, 0.05) is 18.2 Å². The van der Waals surface area contributed by atoms with Crippen molar-refractivity contribution < 1.29 is 23.2 Å². The number of non-ortho nitro benzene ring substituents is 1. The molecule has 2 heterocycles. The number of aromatic nitrogens is 3. The highest BCUT2D eigenvalue weighted by molar-refractivity contribution is 7.99. The number of rotatable bonds is 6. The molecule has 30 heavy (non-hydrogen) atoms. The second-order valence-corrected chi connectivity index (χ2v) is 7.18. The molecule has 0 radical (unpaired) electrons. The van der Waals surface area contributed by atoms with Crippen LogP contribution in [0.4, 0.5) is 14.5 Å². The minimum absolute atomic E-state index is 0.0457. The predicted octanol–water partition coefficient (Wildman–Crippen LogP) is 2.81. The highest BCUT2D eigenvalue weighted by Crippen LogP contribution is 2.26. The summed E-state index contributed by atoms with van der Waals surface area (Å²) in [5.41, 5.74) is 0.450. The van der Waals surface area contributed by atoms with Crippen LogP contribution in [-0.4, -0.2) is 31.5 Å². The van der Waals surface area contributed by atoms with Crippen LogP contribution in [-0.2, 0) is 17.9 Å². The highest BCUT2D eigenvalue weighted by Gasteiger charge is 2.29. The van der Waals surface area contributed by atoms with Crippen molar-refractivity contribution >= 4 is 23.4 Å². The van der Waals surface area contributed by atoms with Crippen molar-refractivity contribution in [2.24, 2.45) is 0 Å². The molecule has 0 unspecified atom stereocenters. The Hall–Kier alpha value is -3.54. The Morgan fingerprint density at radius 3 is 2.80 bits per heavy atom. The average Bonchev–Trinajstić information content (AvgIpc) is 3.13. The number of ether oxygens (including phenoxy) is 1. The molecule has 1 aromatic heterocycles. The number of carbonyl (C=O) groups is 1. The number of carbonyl (C=O) groups excluding carboxylic acids is 1. The third kappa shape index (κ3) is 3.94. The first kappa shape index (κ1) is 19.8. The SMILES string of the molecule is O=C1CSc2nnc(COc3ccc(F)cc3F)n2N1Cc1cccc([N+](=O)[O-])c1. The van der Waals surface area contributed by atoms with Gasteiger partial charge in [-0.3, -0.25) is 14.9 Å². The molecule has 0 atom stereocenters. The quantitative estimate of drug-likeness (QED) is 0.435. The van der Waals surface area contributed by atoms with Gasteiger partial charge in [-0.2, -0.15) is 0 Å². The summed E-state index contributed by atoms with van der Waals surface area (Å²) in [6.07, 6.45) is 0. The molecular weight excluding hydrogens is 420 g/mol. The molecule has 0 spiro atoms. The molecule has 0 saturated heterocycles. The minimum Gasteiger partial charge on any atom is -0.482 e. The van der Waals surface area contributed by atoms with Gasteiger partial charge in [0.2, 0.25) is 5.16 Å². The molecule has 2 aromatic carbocycles. The number of fused-ring (bicyclic) bond motifs is 1. The number of thioether (sulfide) groups is 1. The van der Waals surface area contributed by atoms with Gasteiger partial charge in [0.15, 0.2) is 17.4 Å². The van der Waals surface area contributed by atoms with E-state index in [4.69, 9.17) is 4.74 Å². The summed E-state index contributed by atoms with van der Waals surface area (Å²) in [7, 11) is 0. The third-order valence-corrected chi connectivity index (χ3v) is 5.14. The van der Waals surface area contributed by atoms with E-state index in [9.17, 15) is 23.7 Å². The number of hydrogen-bond donors (Lipinski definition) is 0. The van der Waals surface area contributed by atoms with Gasteiger partial charge in [-0.05, 0) is 17.7 Å². The fourth-order valence-corrected chi connectivity index (χ4v) is 3.69. The number of nitro benzene ring substituents is 1. The van der Waals surface area contributed by atoms with Gasteiger partial charge in [-0.15, -0.1) is 10.2 Å². The maximum absolute atomic E-state index is 13.8. The summed E-state index contributed by atoms with van der Waals surface area (Å²) in [5, 5.41) is 20.8. The second kappa shape index (κ2) is 8.06. The summed E-state index contributed by atoms with van der Waals surface area (Å²) < 4.78 is 33.7. The minimum atomic E-state index is -0.868. The maximum Gasteiger partial charge on any atom is 0.269 e. The Bertz CT molecular complexity index is 1140. The number of nitro groups is 1. The molecular formula is C18H13F2N5O4S. The van der Waals surface area contributed by atoms with E-state index < -0.39 is 16.6 Å². The summed E-state index contributed by atoms with van der Waals surface area (Å²) in [6, 6.07) is 8.84. The Balaban J connectivity index is 1.59. The van der Waals surface area contributed by atoms with Gasteiger partial charge < -0.3 is 4.74 Å². The Morgan fingerprint density at radius 1 is 1.20 bits per heavy atom. The summed E-state index contributed by atoms with van der Waals surface area (Å²) in [4.78, 5) is 23.0. The Kier molecular flexibility index (Phi) is 5.31. The molecule has 0 fully saturated rings. The van der Waals surface area contributed by atoms with Gasteiger partial charge in [0.1, 0.15) is 12.4 Å². The predicted molar refractivity (Wildman–Crippen MR) is 101 cm³/mol. The average molecular weight is 433 g/mol. The number of hydrogen-bond acceptors (Lipinski definition) is 7. The van der Waals surface area contributed by atoms with E-state index in [0.717, 1.165) is 12.1 Å². The summed E-state index contributed by atoms with van der Waals surface area (Å²) in [6.45, 7) is -0.182. The van der Waals surface area contributed by atoms with E-state index in [1.165, 1.54) is 39.6 Å². The molecule has 0 saturated carbocycles. The van der Waals surface area contributed by atoms with Crippen molar-refractivity contribution in [1.29, 1.82) is 0 Å². The zero-order valence-corrected chi connectivity index (χ0v) is 16.0. The Labute approximate surface area is 172 Å². The molecule has 1 amide bonds. The van der Waals surface area contributed by atoms with Crippen LogP contribution in [0.5, 0.6) is 5.75 Å². The van der Waals surface area contributed by atoms with Gasteiger partial charge in [0.05, 0.1) is 17.2 Å². The van der Waals surface area contributed by atoms with Crippen LogP contribution in [0.3, 0.4) is 0 Å². The van der Waals surface area contributed by atoms with Crippen LogP contribution in [0.15, 0.2) is 47.6 Å². The molecule has 0 aliphatic carbocycles. The summed E-state index contributed by atoms with van der Waals surface area (Å²) in [5.74, 6) is -1.68. The van der Waals surface area contributed by atoms with Gasteiger partial charge >= 0.3 is 0 Å². The zero-order chi connectivity index (χ0) is 21.3. The molecule has 1 aliphatic heterocycles. The van der Waals surface area contributed by atoms with Crippen LogP contribution < -0.4 is 9.75 Å². The molecule has 154 valence electrons. The summed E-state index contributed by atoms with van der Waals surface area (Å²) >= 11 is 1.18. The molecule has 0 N–H and O–H groups in total. The topological polar surface area (TPSA) is 103 Å². The van der Waals surface area contributed by atoms with Crippen LogP contribution >= 0.6 is 11.8 Å². The van der Waals surface area contributed by atoms with E-state index in [0.29, 0.717) is 16.8 Å². The van der Waals surface area contributed by atoms with Gasteiger partial charge in [0.25, 0.3) is 11.6 Å². The van der Waals surface area contributed by atoms with E-state index in [1.54, 1.807) is 6.07 Å². The van der Waals surface area contributed by atoms with Crippen molar-refractivity contribution in [1.82, 2.24) is 14.9 Å². The molecule has 9 nitrogen and oxygen atoms in total. The van der Waals surface area contributed by atoms with Gasteiger partial charge in [-0.1, -0.05) is 23.9 Å². The van der Waals surface area contributed by atoms with Crippen LogP contribution in [0.2, 0.25) is 0 Å². The fraction of sp³-hybridized carbons (Fsp3) is 0.167.